The Morgan fingerprint density at radius 3 is 2.77 bits per heavy atom. The highest BCUT2D eigenvalue weighted by molar-refractivity contribution is 5.97. The van der Waals surface area contributed by atoms with Crippen LogP contribution in [0.25, 0.3) is 10.9 Å². The molecule has 0 radical (unpaired) electrons. The lowest BCUT2D eigenvalue weighted by molar-refractivity contribution is 0.0695. The summed E-state index contributed by atoms with van der Waals surface area (Å²) in [7, 11) is 1.25. The van der Waals surface area contributed by atoms with Crippen molar-refractivity contribution in [2.24, 2.45) is 5.92 Å². The number of aromatic nitrogens is 1. The molecule has 1 saturated carbocycles. The standard InChI is InChI=1S/C21H24FN3O4.ClH/c1-29-20-17-13(19(26)14(21(27)28)9-25(17)12-4-5-12)7-15(22)18(20)24-8-11-3-2-6-23-16(11)10-24;/h7,9,11-12,16,23H,2-6,8,10H2,1H3,(H,27,28);1H/i8D2,10D2;. The average molecular weight is 442 g/mol. The third-order valence-electron chi connectivity index (χ3n) is 5.82. The summed E-state index contributed by atoms with van der Waals surface area (Å²) >= 11 is 0. The number of carbonyl (C=O) groups is 1. The Morgan fingerprint density at radius 1 is 1.37 bits per heavy atom. The van der Waals surface area contributed by atoms with Crippen LogP contribution in [0.3, 0.4) is 0 Å². The van der Waals surface area contributed by atoms with Gasteiger partial charge in [0.05, 0.1) is 20.8 Å². The predicted molar refractivity (Wildman–Crippen MR) is 114 cm³/mol. The first-order valence-corrected chi connectivity index (χ1v) is 9.74. The largest absolute Gasteiger partial charge is 0.492 e. The van der Waals surface area contributed by atoms with Crippen molar-refractivity contribution in [3.8, 4) is 5.75 Å². The van der Waals surface area contributed by atoms with Crippen molar-refractivity contribution < 1.29 is 24.5 Å². The van der Waals surface area contributed by atoms with Crippen molar-refractivity contribution >= 4 is 35.0 Å². The minimum absolute atomic E-state index is 0. The number of halogens is 2. The number of nitrogens with one attached hydrogen (secondary N) is 1. The molecule has 0 bridgehead atoms. The van der Waals surface area contributed by atoms with E-state index in [2.05, 4.69) is 5.32 Å². The second-order valence-electron chi connectivity index (χ2n) is 7.73. The number of carboxylic acid groups (broad SMARTS) is 1. The second-order valence-corrected chi connectivity index (χ2v) is 7.73. The lowest BCUT2D eigenvalue weighted by Gasteiger charge is -2.25. The SMILES string of the molecule is Cl.[2H]C1([2H])C2CCCNC2C([2H])([2H])N1c1c(F)cc2c(=O)c(C(=O)O)cn(C3CC3)c2c1OC. The van der Waals surface area contributed by atoms with Crippen molar-refractivity contribution in [2.75, 3.05) is 31.5 Å². The number of benzene rings is 1. The summed E-state index contributed by atoms with van der Waals surface area (Å²) < 4.78 is 57.8. The second kappa shape index (κ2) is 7.74. The highest BCUT2D eigenvalue weighted by atomic mass is 35.5. The third-order valence-corrected chi connectivity index (χ3v) is 5.82. The maximum atomic E-state index is 15.7. The summed E-state index contributed by atoms with van der Waals surface area (Å²) in [5.74, 6) is -3.38. The van der Waals surface area contributed by atoms with Crippen LogP contribution in [0.2, 0.25) is 0 Å². The summed E-state index contributed by atoms with van der Waals surface area (Å²) in [5.41, 5.74) is -1.64. The number of anilines is 1. The molecule has 2 N–H and O–H groups in total. The molecule has 3 fully saturated rings. The van der Waals surface area contributed by atoms with E-state index in [1.54, 1.807) is 4.57 Å². The van der Waals surface area contributed by atoms with Gasteiger partial charge in [0.1, 0.15) is 11.3 Å². The smallest absolute Gasteiger partial charge is 0.341 e. The molecular formula is C21H25ClFN3O4. The number of pyridine rings is 1. The van der Waals surface area contributed by atoms with Gasteiger partial charge < -0.3 is 24.6 Å². The molecule has 2 aliphatic heterocycles. The van der Waals surface area contributed by atoms with Gasteiger partial charge in [-0.05, 0) is 44.2 Å². The molecule has 9 heteroatoms. The molecule has 2 unspecified atom stereocenters. The summed E-state index contributed by atoms with van der Waals surface area (Å²) in [5, 5.41) is 12.3. The molecule has 2 saturated heterocycles. The van der Waals surface area contributed by atoms with Crippen molar-refractivity contribution in [3.05, 3.63) is 33.9 Å². The van der Waals surface area contributed by atoms with Gasteiger partial charge in [-0.2, -0.15) is 0 Å². The van der Waals surface area contributed by atoms with E-state index in [1.165, 1.54) is 13.3 Å². The van der Waals surface area contributed by atoms with Crippen LogP contribution < -0.4 is 20.4 Å². The Kier molecular flexibility index (Phi) is 4.23. The van der Waals surface area contributed by atoms with Crippen LogP contribution in [0, 0.1) is 11.7 Å². The fourth-order valence-corrected chi connectivity index (χ4v) is 4.27. The minimum atomic E-state index is -2.29. The molecule has 0 spiro atoms. The van der Waals surface area contributed by atoms with E-state index in [0.717, 1.165) is 23.8 Å². The number of hydrogen-bond donors (Lipinski definition) is 2. The van der Waals surface area contributed by atoms with Crippen LogP contribution >= 0.6 is 12.4 Å². The van der Waals surface area contributed by atoms with Crippen molar-refractivity contribution in [2.45, 2.75) is 37.8 Å². The van der Waals surface area contributed by atoms with Crippen molar-refractivity contribution in [3.63, 3.8) is 0 Å². The first-order valence-electron chi connectivity index (χ1n) is 11.7. The van der Waals surface area contributed by atoms with Gasteiger partial charge in [0.25, 0.3) is 0 Å². The van der Waals surface area contributed by atoms with Crippen LogP contribution in [0.15, 0.2) is 17.1 Å². The molecule has 5 rings (SSSR count). The van der Waals surface area contributed by atoms with Gasteiger partial charge in [-0.25, -0.2) is 9.18 Å². The zero-order chi connectivity index (χ0) is 23.9. The Morgan fingerprint density at radius 2 is 2.13 bits per heavy atom. The lowest BCUT2D eigenvalue weighted by atomic mass is 9.94. The summed E-state index contributed by atoms with van der Waals surface area (Å²) in [6.45, 7) is -4.00. The Bertz CT molecular complexity index is 1210. The van der Waals surface area contributed by atoms with Crippen LogP contribution in [0.4, 0.5) is 10.1 Å². The van der Waals surface area contributed by atoms with Gasteiger partial charge in [-0.1, -0.05) is 0 Å². The van der Waals surface area contributed by atoms with E-state index in [1.807, 2.05) is 0 Å². The van der Waals surface area contributed by atoms with E-state index >= 15 is 4.39 Å². The van der Waals surface area contributed by atoms with E-state index in [9.17, 15) is 14.7 Å². The highest BCUT2D eigenvalue weighted by Gasteiger charge is 2.38. The van der Waals surface area contributed by atoms with Gasteiger partial charge in [0, 0.05) is 34.0 Å². The monoisotopic (exact) mass is 441 g/mol. The number of nitrogens with zero attached hydrogens (tertiary/aromatic N) is 2. The summed E-state index contributed by atoms with van der Waals surface area (Å²) in [6.07, 6.45) is 3.77. The van der Waals surface area contributed by atoms with Gasteiger partial charge >= 0.3 is 5.97 Å². The highest BCUT2D eigenvalue weighted by Crippen LogP contribution is 2.45. The molecule has 2 aromatic rings. The fraction of sp³-hybridized carbons (Fsp3) is 0.524. The zero-order valence-electron chi connectivity index (χ0n) is 20.3. The molecule has 30 heavy (non-hydrogen) atoms. The van der Waals surface area contributed by atoms with Gasteiger partial charge in [0.2, 0.25) is 5.43 Å². The van der Waals surface area contributed by atoms with Gasteiger partial charge in [0.15, 0.2) is 11.6 Å². The number of aromatic carboxylic acids is 1. The maximum absolute atomic E-state index is 15.7. The third kappa shape index (κ3) is 3.22. The molecule has 3 heterocycles. The first-order chi connectivity index (χ1) is 15.5. The normalized spacial score (nSPS) is 28.5. The Balaban J connectivity index is 0.00000274. The number of ether oxygens (including phenoxy) is 1. The van der Waals surface area contributed by atoms with E-state index in [4.69, 9.17) is 10.2 Å². The van der Waals surface area contributed by atoms with Crippen LogP contribution in [-0.2, 0) is 0 Å². The number of carboxylic acids is 1. The van der Waals surface area contributed by atoms with E-state index in [-0.39, 0.29) is 35.1 Å². The zero-order valence-corrected chi connectivity index (χ0v) is 17.1. The fourth-order valence-electron chi connectivity index (χ4n) is 4.27. The van der Waals surface area contributed by atoms with Crippen LogP contribution in [-0.4, -0.2) is 48.3 Å². The van der Waals surface area contributed by atoms with Gasteiger partial charge in [-0.3, -0.25) is 4.79 Å². The van der Waals surface area contributed by atoms with E-state index < -0.39 is 53.4 Å². The van der Waals surface area contributed by atoms with E-state index in [0.29, 0.717) is 19.4 Å². The van der Waals surface area contributed by atoms with Crippen LogP contribution in [0.1, 0.15) is 47.6 Å². The molecule has 2 atom stereocenters. The molecule has 7 nitrogen and oxygen atoms in total. The quantitative estimate of drug-likeness (QED) is 0.759. The van der Waals surface area contributed by atoms with Crippen molar-refractivity contribution in [1.29, 1.82) is 0 Å². The van der Waals surface area contributed by atoms with Crippen LogP contribution in [0.5, 0.6) is 5.75 Å². The van der Waals surface area contributed by atoms with Gasteiger partial charge in [-0.15, -0.1) is 12.4 Å². The Hall–Kier alpha value is -2.32. The molecule has 0 amide bonds. The molecule has 1 aromatic carbocycles. The minimum Gasteiger partial charge on any atom is -0.492 e. The molecule has 3 aliphatic rings. The number of methoxy groups -OCH3 is 1. The summed E-state index contributed by atoms with van der Waals surface area (Å²) in [6, 6.07) is -0.0987. The predicted octanol–water partition coefficient (Wildman–Crippen LogP) is 2.79. The number of hydrogen-bond acceptors (Lipinski definition) is 5. The molecular weight excluding hydrogens is 413 g/mol. The topological polar surface area (TPSA) is 83.8 Å². The molecule has 1 aliphatic carbocycles. The van der Waals surface area contributed by atoms with Crippen molar-refractivity contribution in [1.82, 2.24) is 9.88 Å². The number of fused-ring (bicyclic) bond motifs is 2. The molecule has 162 valence electrons. The number of rotatable bonds is 4. The number of piperidine rings is 1. The average Bonchev–Trinajstić information content (AvgIpc) is 3.57. The maximum Gasteiger partial charge on any atom is 0.341 e. The molecule has 1 aromatic heterocycles. The summed E-state index contributed by atoms with van der Waals surface area (Å²) in [4.78, 5) is 25.3. The first kappa shape index (κ1) is 16.4. The lowest BCUT2D eigenvalue weighted by Crippen LogP contribution is -2.40. The Labute approximate surface area is 184 Å².